The summed E-state index contributed by atoms with van der Waals surface area (Å²) in [5.74, 6) is 1.14. The van der Waals surface area contributed by atoms with Gasteiger partial charge in [0, 0.05) is 30.2 Å². The Labute approximate surface area is 183 Å². The monoisotopic (exact) mass is 427 g/mol. The second kappa shape index (κ2) is 9.73. The van der Waals surface area contributed by atoms with Crippen LogP contribution in [0.4, 0.5) is 0 Å². The zero-order valence-corrected chi connectivity index (χ0v) is 18.6. The predicted molar refractivity (Wildman–Crippen MR) is 119 cm³/mol. The number of benzene rings is 1. The maximum atomic E-state index is 12.9. The van der Waals surface area contributed by atoms with Gasteiger partial charge in [0.15, 0.2) is 0 Å². The Hall–Kier alpha value is -2.54. The molecule has 0 bridgehead atoms. The van der Waals surface area contributed by atoms with Gasteiger partial charge in [0.05, 0.1) is 26.2 Å². The van der Waals surface area contributed by atoms with E-state index in [0.29, 0.717) is 25.6 Å². The fourth-order valence-corrected chi connectivity index (χ4v) is 4.94. The molecule has 2 saturated heterocycles. The molecular weight excluding hydrogens is 394 g/mol. The molecule has 31 heavy (non-hydrogen) atoms. The highest BCUT2D eigenvalue weighted by Crippen LogP contribution is 2.34. The van der Waals surface area contributed by atoms with E-state index < -0.39 is 0 Å². The molecule has 1 amide bonds. The number of nitrogens with zero attached hydrogens (tertiary/aromatic N) is 2. The van der Waals surface area contributed by atoms with Gasteiger partial charge >= 0.3 is 5.97 Å². The molecule has 2 fully saturated rings. The number of esters is 1. The Morgan fingerprint density at radius 2 is 1.97 bits per heavy atom. The molecule has 1 aromatic carbocycles. The molecule has 168 valence electrons. The van der Waals surface area contributed by atoms with E-state index in [-0.39, 0.29) is 17.8 Å². The van der Waals surface area contributed by atoms with Gasteiger partial charge in [-0.25, -0.2) is 0 Å². The fourth-order valence-electron chi connectivity index (χ4n) is 4.94. The van der Waals surface area contributed by atoms with E-state index in [0.717, 1.165) is 56.6 Å². The van der Waals surface area contributed by atoms with E-state index in [1.807, 2.05) is 17.9 Å². The Morgan fingerprint density at radius 3 is 2.71 bits per heavy atom. The highest BCUT2D eigenvalue weighted by Gasteiger charge is 2.31. The third-order valence-corrected chi connectivity index (χ3v) is 6.70. The van der Waals surface area contributed by atoms with Crippen LogP contribution < -0.4 is 4.74 Å². The number of carbonyl (C=O) groups is 2. The van der Waals surface area contributed by atoms with Crippen LogP contribution in [0.25, 0.3) is 10.9 Å². The third-order valence-electron chi connectivity index (χ3n) is 6.70. The van der Waals surface area contributed by atoms with E-state index in [9.17, 15) is 9.59 Å². The largest absolute Gasteiger partial charge is 0.497 e. The molecule has 0 aliphatic carbocycles. The van der Waals surface area contributed by atoms with E-state index in [2.05, 4.69) is 28.2 Å². The van der Waals surface area contributed by atoms with Crippen molar-refractivity contribution in [2.75, 3.05) is 46.4 Å². The van der Waals surface area contributed by atoms with Crippen LogP contribution in [0.1, 0.15) is 44.1 Å². The molecule has 1 atom stereocenters. The molecule has 0 spiro atoms. The number of ether oxygens (including phenoxy) is 2. The van der Waals surface area contributed by atoms with Gasteiger partial charge < -0.3 is 19.4 Å². The minimum absolute atomic E-state index is 0.129. The van der Waals surface area contributed by atoms with Crippen molar-refractivity contribution in [3.05, 3.63) is 30.0 Å². The topological polar surface area (TPSA) is 74.9 Å². The first kappa shape index (κ1) is 21.7. The van der Waals surface area contributed by atoms with E-state index in [1.54, 1.807) is 7.11 Å². The lowest BCUT2D eigenvalue weighted by atomic mass is 9.89. The number of fused-ring (bicyclic) bond motifs is 1. The van der Waals surface area contributed by atoms with Gasteiger partial charge in [-0.05, 0) is 75.4 Å². The van der Waals surface area contributed by atoms with Crippen molar-refractivity contribution in [3.8, 4) is 5.75 Å². The summed E-state index contributed by atoms with van der Waals surface area (Å²) in [4.78, 5) is 32.4. The molecule has 7 nitrogen and oxygen atoms in total. The second-order valence-corrected chi connectivity index (χ2v) is 8.64. The van der Waals surface area contributed by atoms with Crippen LogP contribution in [-0.2, 0) is 14.3 Å². The van der Waals surface area contributed by atoms with Crippen LogP contribution in [0.3, 0.4) is 0 Å². The molecule has 3 heterocycles. The number of nitrogens with one attached hydrogen (secondary N) is 1. The maximum absolute atomic E-state index is 12.9. The minimum Gasteiger partial charge on any atom is -0.497 e. The summed E-state index contributed by atoms with van der Waals surface area (Å²) in [5, 5.41) is 1.23. The number of amides is 1. The number of aromatic amines is 1. The lowest BCUT2D eigenvalue weighted by Gasteiger charge is -2.35. The molecule has 4 rings (SSSR count). The summed E-state index contributed by atoms with van der Waals surface area (Å²) in [6, 6.07) is 6.14. The highest BCUT2D eigenvalue weighted by molar-refractivity contribution is 5.85. The number of methoxy groups -OCH3 is 1. The summed E-state index contributed by atoms with van der Waals surface area (Å²) in [7, 11) is 1.69. The van der Waals surface area contributed by atoms with E-state index in [4.69, 9.17) is 9.47 Å². The summed E-state index contributed by atoms with van der Waals surface area (Å²) in [6.07, 6.45) is 5.86. The zero-order valence-electron chi connectivity index (χ0n) is 18.6. The molecule has 7 heteroatoms. The summed E-state index contributed by atoms with van der Waals surface area (Å²) < 4.78 is 10.5. The molecule has 1 aromatic heterocycles. The van der Waals surface area contributed by atoms with E-state index in [1.165, 1.54) is 10.9 Å². The van der Waals surface area contributed by atoms with Gasteiger partial charge in [-0.1, -0.05) is 0 Å². The Bertz CT molecular complexity index is 917. The summed E-state index contributed by atoms with van der Waals surface area (Å²) in [6.45, 7) is 5.68. The molecule has 1 unspecified atom stereocenters. The van der Waals surface area contributed by atoms with E-state index >= 15 is 0 Å². The SMILES string of the molecule is CCOC(=O)C1CCCN(C(=O)CN2CCC(c3c[nH]c4ccc(OC)cc34)CC2)C1. The predicted octanol–water partition coefficient (Wildman–Crippen LogP) is 3.16. The van der Waals surface area contributed by atoms with Crippen LogP contribution in [0.15, 0.2) is 24.4 Å². The standard InChI is InChI=1S/C24H33N3O4/c1-3-31-24(29)18-5-4-10-27(15-18)23(28)16-26-11-8-17(9-12-26)21-14-25-22-7-6-19(30-2)13-20(21)22/h6-7,13-14,17-18,25H,3-5,8-12,15-16H2,1-2H3. The van der Waals surface area contributed by atoms with Gasteiger partial charge in [0.1, 0.15) is 5.75 Å². The van der Waals surface area contributed by atoms with Crippen molar-refractivity contribution in [2.24, 2.45) is 5.92 Å². The van der Waals surface area contributed by atoms with Crippen LogP contribution in [0, 0.1) is 5.92 Å². The average Bonchev–Trinajstić information content (AvgIpc) is 3.23. The summed E-state index contributed by atoms with van der Waals surface area (Å²) >= 11 is 0. The van der Waals surface area contributed by atoms with Crippen LogP contribution in [0.5, 0.6) is 5.75 Å². The molecule has 2 aliphatic rings. The zero-order chi connectivity index (χ0) is 21.8. The van der Waals surface area contributed by atoms with Crippen molar-refractivity contribution in [1.82, 2.24) is 14.8 Å². The lowest BCUT2D eigenvalue weighted by Crippen LogP contribution is -2.48. The first-order chi connectivity index (χ1) is 15.1. The first-order valence-corrected chi connectivity index (χ1v) is 11.4. The Balaban J connectivity index is 1.31. The number of carbonyl (C=O) groups excluding carboxylic acids is 2. The second-order valence-electron chi connectivity index (χ2n) is 8.64. The van der Waals surface area contributed by atoms with Crippen molar-refractivity contribution in [1.29, 1.82) is 0 Å². The number of likely N-dealkylation sites (tertiary alicyclic amines) is 2. The van der Waals surface area contributed by atoms with Crippen molar-refractivity contribution in [3.63, 3.8) is 0 Å². The van der Waals surface area contributed by atoms with Gasteiger partial charge in [0.2, 0.25) is 5.91 Å². The Morgan fingerprint density at radius 1 is 1.16 bits per heavy atom. The quantitative estimate of drug-likeness (QED) is 0.717. The van der Waals surface area contributed by atoms with Crippen molar-refractivity contribution >= 4 is 22.8 Å². The van der Waals surface area contributed by atoms with Gasteiger partial charge in [0.25, 0.3) is 0 Å². The van der Waals surface area contributed by atoms with Gasteiger partial charge in [-0.2, -0.15) is 0 Å². The number of hydrogen-bond acceptors (Lipinski definition) is 5. The van der Waals surface area contributed by atoms with Crippen LogP contribution in [0.2, 0.25) is 0 Å². The number of piperidine rings is 2. The normalized spacial score (nSPS) is 20.7. The van der Waals surface area contributed by atoms with Crippen LogP contribution >= 0.6 is 0 Å². The molecule has 0 saturated carbocycles. The van der Waals surface area contributed by atoms with Gasteiger partial charge in [-0.3, -0.25) is 14.5 Å². The number of hydrogen-bond donors (Lipinski definition) is 1. The fraction of sp³-hybridized carbons (Fsp3) is 0.583. The smallest absolute Gasteiger partial charge is 0.310 e. The molecule has 0 radical (unpaired) electrons. The lowest BCUT2D eigenvalue weighted by molar-refractivity contribution is -0.151. The highest BCUT2D eigenvalue weighted by atomic mass is 16.5. The molecule has 1 N–H and O–H groups in total. The Kier molecular flexibility index (Phi) is 6.80. The molecule has 2 aliphatic heterocycles. The third kappa shape index (κ3) is 4.87. The van der Waals surface area contributed by atoms with Crippen molar-refractivity contribution < 1.29 is 19.1 Å². The summed E-state index contributed by atoms with van der Waals surface area (Å²) in [5.41, 5.74) is 2.47. The molecular formula is C24H33N3O4. The minimum atomic E-state index is -0.178. The van der Waals surface area contributed by atoms with Gasteiger partial charge in [-0.15, -0.1) is 0 Å². The number of H-pyrrole nitrogens is 1. The number of aromatic nitrogens is 1. The maximum Gasteiger partial charge on any atom is 0.310 e. The van der Waals surface area contributed by atoms with Crippen molar-refractivity contribution in [2.45, 2.75) is 38.5 Å². The molecule has 2 aromatic rings. The number of rotatable bonds is 6. The first-order valence-electron chi connectivity index (χ1n) is 11.4. The average molecular weight is 428 g/mol. The van der Waals surface area contributed by atoms with Crippen LogP contribution in [-0.4, -0.2) is 73.1 Å².